The minimum Gasteiger partial charge on any atom is -0.279 e. The summed E-state index contributed by atoms with van der Waals surface area (Å²) < 4.78 is 26.5. The Hall–Kier alpha value is -1.23. The van der Waals surface area contributed by atoms with E-state index in [-0.39, 0.29) is 24.5 Å². The van der Waals surface area contributed by atoms with Crippen LogP contribution < -0.4 is 4.72 Å². The van der Waals surface area contributed by atoms with Gasteiger partial charge in [-0.2, -0.15) is 0 Å². The monoisotopic (exact) mass is 397 g/mol. The predicted molar refractivity (Wildman–Crippen MR) is 78.7 cm³/mol. The SMILES string of the molecule is O=[N+]([O-])c1ccc(NS(=O)(=O)c2cnc(Cl)s2)cc1Br. The van der Waals surface area contributed by atoms with Crippen molar-refractivity contribution in [2.45, 2.75) is 4.21 Å². The number of hydrogen-bond donors (Lipinski definition) is 1. The topological polar surface area (TPSA) is 102 Å². The Morgan fingerprint density at radius 2 is 2.15 bits per heavy atom. The number of nitrogens with zero attached hydrogens (tertiary/aromatic N) is 2. The van der Waals surface area contributed by atoms with Crippen LogP contribution in [-0.2, 0) is 10.0 Å². The smallest absolute Gasteiger partial charge is 0.279 e. The molecule has 0 saturated heterocycles. The maximum atomic E-state index is 12.0. The lowest BCUT2D eigenvalue weighted by molar-refractivity contribution is -0.385. The molecule has 0 amide bonds. The fraction of sp³-hybridized carbons (Fsp3) is 0. The molecule has 0 aliphatic carbocycles. The van der Waals surface area contributed by atoms with Crippen LogP contribution >= 0.6 is 38.9 Å². The van der Waals surface area contributed by atoms with Gasteiger partial charge in [0.1, 0.15) is 0 Å². The minimum absolute atomic E-state index is 0.0445. The number of nitro benzene ring substituents is 1. The van der Waals surface area contributed by atoms with Crippen molar-refractivity contribution < 1.29 is 13.3 Å². The first kappa shape index (κ1) is 15.2. The number of rotatable bonds is 4. The van der Waals surface area contributed by atoms with Crippen molar-refractivity contribution >= 4 is 60.3 Å². The molecule has 1 heterocycles. The Kier molecular flexibility index (Phi) is 4.28. The van der Waals surface area contributed by atoms with E-state index in [4.69, 9.17) is 11.6 Å². The molecule has 1 aromatic heterocycles. The van der Waals surface area contributed by atoms with Crippen molar-refractivity contribution in [3.8, 4) is 0 Å². The van der Waals surface area contributed by atoms with E-state index in [2.05, 4.69) is 25.6 Å². The summed E-state index contributed by atoms with van der Waals surface area (Å²) in [6, 6.07) is 3.79. The number of hydrogen-bond acceptors (Lipinski definition) is 6. The zero-order valence-electron chi connectivity index (χ0n) is 9.41. The molecule has 1 N–H and O–H groups in total. The maximum absolute atomic E-state index is 12.0. The van der Waals surface area contributed by atoms with E-state index in [1.165, 1.54) is 18.2 Å². The van der Waals surface area contributed by atoms with Crippen LogP contribution in [0.25, 0.3) is 0 Å². The number of aromatic nitrogens is 1. The van der Waals surface area contributed by atoms with Gasteiger partial charge in [0.25, 0.3) is 15.7 Å². The summed E-state index contributed by atoms with van der Waals surface area (Å²) >= 11 is 9.40. The zero-order valence-corrected chi connectivity index (χ0v) is 13.4. The number of anilines is 1. The van der Waals surface area contributed by atoms with Gasteiger partial charge in [0, 0.05) is 6.07 Å². The summed E-state index contributed by atoms with van der Waals surface area (Å²) in [7, 11) is -3.81. The van der Waals surface area contributed by atoms with Crippen molar-refractivity contribution in [3.05, 3.63) is 43.4 Å². The molecule has 0 saturated carbocycles. The molecule has 0 spiro atoms. The van der Waals surface area contributed by atoms with Crippen molar-refractivity contribution in [1.29, 1.82) is 0 Å². The van der Waals surface area contributed by atoms with Gasteiger partial charge in [-0.3, -0.25) is 14.8 Å². The van der Waals surface area contributed by atoms with E-state index in [9.17, 15) is 18.5 Å². The van der Waals surface area contributed by atoms with E-state index in [0.717, 1.165) is 17.5 Å². The zero-order chi connectivity index (χ0) is 14.9. The minimum atomic E-state index is -3.81. The molecule has 106 valence electrons. The number of nitro groups is 1. The molecule has 0 aliphatic heterocycles. The molecule has 0 unspecified atom stereocenters. The molecule has 7 nitrogen and oxygen atoms in total. The van der Waals surface area contributed by atoms with E-state index >= 15 is 0 Å². The lowest BCUT2D eigenvalue weighted by Gasteiger charge is -2.06. The lowest BCUT2D eigenvalue weighted by Crippen LogP contribution is -2.11. The van der Waals surface area contributed by atoms with Crippen LogP contribution in [0.5, 0.6) is 0 Å². The summed E-state index contributed by atoms with van der Waals surface area (Å²) in [6.45, 7) is 0. The van der Waals surface area contributed by atoms with Gasteiger partial charge >= 0.3 is 0 Å². The summed E-state index contributed by atoms with van der Waals surface area (Å²) in [5.41, 5.74) is 0.0285. The first-order chi connectivity index (χ1) is 9.29. The predicted octanol–water partition coefficient (Wildman–Crippen LogP) is 3.27. The van der Waals surface area contributed by atoms with Crippen LogP contribution in [0.2, 0.25) is 4.47 Å². The average Bonchev–Trinajstić information content (AvgIpc) is 2.75. The Morgan fingerprint density at radius 1 is 1.45 bits per heavy atom. The van der Waals surface area contributed by atoms with Gasteiger partial charge in [0.05, 0.1) is 21.3 Å². The normalized spacial score (nSPS) is 11.3. The first-order valence-corrected chi connectivity index (χ1v) is 8.35. The number of halogens is 2. The lowest BCUT2D eigenvalue weighted by atomic mass is 10.3. The highest BCUT2D eigenvalue weighted by atomic mass is 79.9. The van der Waals surface area contributed by atoms with Crippen LogP contribution in [0.15, 0.2) is 33.1 Å². The van der Waals surface area contributed by atoms with Gasteiger partial charge in [-0.1, -0.05) is 22.9 Å². The number of thiazole rings is 1. The van der Waals surface area contributed by atoms with Crippen molar-refractivity contribution in [1.82, 2.24) is 4.98 Å². The van der Waals surface area contributed by atoms with E-state index < -0.39 is 14.9 Å². The van der Waals surface area contributed by atoms with Crippen LogP contribution in [-0.4, -0.2) is 18.3 Å². The standard InChI is InChI=1S/C9H5BrClN3O4S2/c10-6-3-5(1-2-7(6)14(15)16)13-20(17,18)8-4-12-9(11)19-8/h1-4,13H. The fourth-order valence-corrected chi connectivity index (χ4v) is 4.15. The maximum Gasteiger partial charge on any atom is 0.283 e. The van der Waals surface area contributed by atoms with Gasteiger partial charge in [-0.05, 0) is 28.1 Å². The molecule has 20 heavy (non-hydrogen) atoms. The quantitative estimate of drug-likeness (QED) is 0.629. The average molecular weight is 399 g/mol. The van der Waals surface area contributed by atoms with Crippen molar-refractivity contribution in [2.75, 3.05) is 4.72 Å². The summed E-state index contributed by atoms with van der Waals surface area (Å²) in [5.74, 6) is 0. The summed E-state index contributed by atoms with van der Waals surface area (Å²) in [4.78, 5) is 13.7. The summed E-state index contributed by atoms with van der Waals surface area (Å²) in [5, 5.41) is 10.7. The molecule has 1 aromatic carbocycles. The second-order valence-corrected chi connectivity index (χ2v) is 7.84. The van der Waals surface area contributed by atoms with E-state index in [0.29, 0.717) is 0 Å². The third-order valence-electron chi connectivity index (χ3n) is 2.12. The molecule has 0 aliphatic rings. The van der Waals surface area contributed by atoms with E-state index in [1.807, 2.05) is 0 Å². The second-order valence-electron chi connectivity index (χ2n) is 3.46. The molecule has 0 radical (unpaired) electrons. The molecule has 0 fully saturated rings. The van der Waals surface area contributed by atoms with Crippen molar-refractivity contribution in [3.63, 3.8) is 0 Å². The van der Waals surface area contributed by atoms with E-state index in [1.54, 1.807) is 0 Å². The van der Waals surface area contributed by atoms with Gasteiger partial charge in [-0.15, -0.1) is 0 Å². The van der Waals surface area contributed by atoms with Crippen LogP contribution in [0.4, 0.5) is 11.4 Å². The first-order valence-electron chi connectivity index (χ1n) is 4.88. The van der Waals surface area contributed by atoms with Gasteiger partial charge in [0.15, 0.2) is 8.68 Å². The molecule has 2 rings (SSSR count). The summed E-state index contributed by atoms with van der Waals surface area (Å²) in [6.07, 6.45) is 1.13. The molecular formula is C9H5BrClN3O4S2. The molecular weight excluding hydrogens is 394 g/mol. The van der Waals surface area contributed by atoms with Gasteiger partial charge in [0.2, 0.25) is 0 Å². The fourth-order valence-electron chi connectivity index (χ4n) is 1.29. The molecule has 0 atom stereocenters. The third-order valence-corrected chi connectivity index (χ3v) is 5.71. The number of nitrogens with one attached hydrogen (secondary N) is 1. The largest absolute Gasteiger partial charge is 0.283 e. The highest BCUT2D eigenvalue weighted by Gasteiger charge is 2.19. The Balaban J connectivity index is 2.30. The van der Waals surface area contributed by atoms with Crippen molar-refractivity contribution in [2.24, 2.45) is 0 Å². The van der Waals surface area contributed by atoms with Gasteiger partial charge < -0.3 is 0 Å². The molecule has 2 aromatic rings. The Labute approximate surface area is 130 Å². The highest BCUT2D eigenvalue weighted by molar-refractivity contribution is 9.10. The second kappa shape index (κ2) is 5.64. The molecule has 11 heteroatoms. The van der Waals surface area contributed by atoms with Gasteiger partial charge in [-0.25, -0.2) is 13.4 Å². The number of sulfonamides is 1. The van der Waals surface area contributed by atoms with Crippen LogP contribution in [0, 0.1) is 10.1 Å². The molecule has 0 bridgehead atoms. The Bertz CT molecular complexity index is 777. The van der Waals surface area contributed by atoms with Crippen LogP contribution in [0.1, 0.15) is 0 Å². The Morgan fingerprint density at radius 3 is 2.65 bits per heavy atom. The number of benzene rings is 1. The highest BCUT2D eigenvalue weighted by Crippen LogP contribution is 2.30. The van der Waals surface area contributed by atoms with Crippen LogP contribution in [0.3, 0.4) is 0 Å². The third kappa shape index (κ3) is 3.26.